The molecule has 1 aliphatic carbocycles. The predicted octanol–water partition coefficient (Wildman–Crippen LogP) is 3.76. The fourth-order valence-corrected chi connectivity index (χ4v) is 2.92. The Balaban J connectivity index is 2.36. The number of nitrogens with zero attached hydrogens (tertiary/aromatic N) is 2. The van der Waals surface area contributed by atoms with E-state index in [4.69, 9.17) is 4.74 Å². The predicted molar refractivity (Wildman–Crippen MR) is 84.0 cm³/mol. The second-order valence-electron chi connectivity index (χ2n) is 5.85. The molecule has 2 rings (SSSR count). The number of pyridine rings is 1. The molecule has 0 saturated carbocycles. The van der Waals surface area contributed by atoms with Crippen molar-refractivity contribution in [1.29, 1.82) is 0 Å². The molecule has 20 heavy (non-hydrogen) atoms. The second kappa shape index (κ2) is 7.44. The maximum absolute atomic E-state index is 5.32. The summed E-state index contributed by atoms with van der Waals surface area (Å²) in [5.74, 6) is 0.848. The van der Waals surface area contributed by atoms with Gasteiger partial charge in [-0.1, -0.05) is 18.4 Å². The molecule has 1 aromatic heterocycles. The van der Waals surface area contributed by atoms with Crippen LogP contribution in [0, 0.1) is 0 Å². The summed E-state index contributed by atoms with van der Waals surface area (Å²) in [6, 6.07) is 2.12. The zero-order valence-electron chi connectivity index (χ0n) is 13.0. The van der Waals surface area contributed by atoms with Gasteiger partial charge in [0.15, 0.2) is 0 Å². The Bertz CT molecular complexity index is 466. The molecule has 1 aromatic rings. The van der Waals surface area contributed by atoms with Crippen LogP contribution in [0.4, 0.5) is 0 Å². The van der Waals surface area contributed by atoms with E-state index < -0.39 is 0 Å². The SMILES string of the molecule is COc1cncc(/C2=C(\CN(C)C)CCCCCC2)c1. The molecule has 0 saturated heterocycles. The number of ether oxygens (including phenoxy) is 1. The van der Waals surface area contributed by atoms with E-state index in [-0.39, 0.29) is 0 Å². The van der Waals surface area contributed by atoms with Crippen molar-refractivity contribution in [2.75, 3.05) is 27.7 Å². The molecule has 0 aromatic carbocycles. The zero-order chi connectivity index (χ0) is 14.4. The van der Waals surface area contributed by atoms with Crippen LogP contribution in [0.1, 0.15) is 44.1 Å². The maximum atomic E-state index is 5.32. The van der Waals surface area contributed by atoms with Gasteiger partial charge in [-0.3, -0.25) is 4.98 Å². The van der Waals surface area contributed by atoms with E-state index in [1.807, 2.05) is 6.20 Å². The molecule has 0 aliphatic heterocycles. The fraction of sp³-hybridized carbons (Fsp3) is 0.588. The van der Waals surface area contributed by atoms with E-state index in [0.29, 0.717) is 0 Å². The van der Waals surface area contributed by atoms with Gasteiger partial charge in [0.25, 0.3) is 0 Å². The quantitative estimate of drug-likeness (QED) is 0.836. The largest absolute Gasteiger partial charge is 0.495 e. The van der Waals surface area contributed by atoms with Gasteiger partial charge in [0, 0.05) is 12.7 Å². The molecule has 1 heterocycles. The van der Waals surface area contributed by atoms with Gasteiger partial charge in [-0.15, -0.1) is 0 Å². The monoisotopic (exact) mass is 274 g/mol. The highest BCUT2D eigenvalue weighted by atomic mass is 16.5. The highest BCUT2D eigenvalue weighted by molar-refractivity contribution is 5.69. The first-order valence-electron chi connectivity index (χ1n) is 7.55. The minimum absolute atomic E-state index is 0.848. The molecule has 0 atom stereocenters. The summed E-state index contributed by atoms with van der Waals surface area (Å²) >= 11 is 0. The number of methoxy groups -OCH3 is 1. The third-order valence-corrected chi connectivity index (χ3v) is 3.89. The van der Waals surface area contributed by atoms with Crippen molar-refractivity contribution in [2.24, 2.45) is 0 Å². The van der Waals surface area contributed by atoms with Crippen LogP contribution in [-0.4, -0.2) is 37.6 Å². The summed E-state index contributed by atoms with van der Waals surface area (Å²) < 4.78 is 5.32. The van der Waals surface area contributed by atoms with E-state index in [1.54, 1.807) is 18.9 Å². The van der Waals surface area contributed by atoms with Gasteiger partial charge in [0.05, 0.1) is 13.3 Å². The van der Waals surface area contributed by atoms with E-state index in [0.717, 1.165) is 18.7 Å². The Kier molecular flexibility index (Phi) is 5.60. The van der Waals surface area contributed by atoms with E-state index in [9.17, 15) is 0 Å². The van der Waals surface area contributed by atoms with E-state index in [1.165, 1.54) is 43.2 Å². The lowest BCUT2D eigenvalue weighted by Gasteiger charge is -2.21. The summed E-state index contributed by atoms with van der Waals surface area (Å²) in [6.45, 7) is 1.05. The zero-order valence-corrected chi connectivity index (χ0v) is 13.0. The summed E-state index contributed by atoms with van der Waals surface area (Å²) in [5, 5.41) is 0. The summed E-state index contributed by atoms with van der Waals surface area (Å²) in [6.07, 6.45) is 11.4. The second-order valence-corrected chi connectivity index (χ2v) is 5.85. The Morgan fingerprint density at radius 1 is 1.10 bits per heavy atom. The number of allylic oxidation sites excluding steroid dienone is 1. The molecule has 0 spiro atoms. The number of likely N-dealkylation sites (N-methyl/N-ethyl adjacent to an activating group) is 1. The Hall–Kier alpha value is -1.35. The molecule has 1 aliphatic rings. The van der Waals surface area contributed by atoms with Crippen LogP contribution < -0.4 is 4.74 Å². The van der Waals surface area contributed by atoms with E-state index >= 15 is 0 Å². The molecule has 110 valence electrons. The van der Waals surface area contributed by atoms with Crippen molar-refractivity contribution in [3.05, 3.63) is 29.6 Å². The minimum atomic E-state index is 0.848. The molecular weight excluding hydrogens is 248 g/mol. The molecule has 0 amide bonds. The van der Waals surface area contributed by atoms with Crippen LogP contribution in [0.3, 0.4) is 0 Å². The molecule has 0 bridgehead atoms. The van der Waals surface area contributed by atoms with Gasteiger partial charge in [-0.05, 0) is 57.0 Å². The van der Waals surface area contributed by atoms with Gasteiger partial charge < -0.3 is 9.64 Å². The van der Waals surface area contributed by atoms with Crippen LogP contribution in [-0.2, 0) is 0 Å². The first-order chi connectivity index (χ1) is 9.70. The molecule has 0 unspecified atom stereocenters. The molecule has 0 fully saturated rings. The van der Waals surface area contributed by atoms with Crippen molar-refractivity contribution >= 4 is 5.57 Å². The topological polar surface area (TPSA) is 25.4 Å². The smallest absolute Gasteiger partial charge is 0.137 e. The van der Waals surface area contributed by atoms with Crippen LogP contribution in [0.15, 0.2) is 24.0 Å². The number of aromatic nitrogens is 1. The van der Waals surface area contributed by atoms with Crippen LogP contribution >= 0.6 is 0 Å². The van der Waals surface area contributed by atoms with Crippen LogP contribution in [0.2, 0.25) is 0 Å². The van der Waals surface area contributed by atoms with Crippen LogP contribution in [0.5, 0.6) is 5.75 Å². The maximum Gasteiger partial charge on any atom is 0.137 e. The third kappa shape index (κ3) is 4.07. The lowest BCUT2D eigenvalue weighted by Crippen LogP contribution is -2.17. The Morgan fingerprint density at radius 3 is 2.55 bits per heavy atom. The number of hydrogen-bond acceptors (Lipinski definition) is 3. The summed E-state index contributed by atoms with van der Waals surface area (Å²) in [4.78, 5) is 6.59. The molecule has 0 radical (unpaired) electrons. The number of rotatable bonds is 4. The summed E-state index contributed by atoms with van der Waals surface area (Å²) in [5.41, 5.74) is 4.30. The van der Waals surface area contributed by atoms with Crippen molar-refractivity contribution in [1.82, 2.24) is 9.88 Å². The van der Waals surface area contributed by atoms with Gasteiger partial charge in [0.1, 0.15) is 5.75 Å². The van der Waals surface area contributed by atoms with Crippen molar-refractivity contribution in [3.63, 3.8) is 0 Å². The molecule has 3 nitrogen and oxygen atoms in total. The average Bonchev–Trinajstić information content (AvgIpc) is 2.42. The Labute approximate surface area is 122 Å². The first-order valence-corrected chi connectivity index (χ1v) is 7.55. The fourth-order valence-electron chi connectivity index (χ4n) is 2.92. The van der Waals surface area contributed by atoms with Crippen molar-refractivity contribution in [2.45, 2.75) is 38.5 Å². The average molecular weight is 274 g/mol. The van der Waals surface area contributed by atoms with Gasteiger partial charge in [-0.25, -0.2) is 0 Å². The standard InChI is InChI=1S/C17H26N2O/c1-19(2)13-14-8-6-4-5-7-9-17(14)15-10-16(20-3)12-18-11-15/h10-12H,4-9,13H2,1-3H3/b17-14-. The normalized spacial score (nSPS) is 20.6. The molecule has 3 heteroatoms. The summed E-state index contributed by atoms with van der Waals surface area (Å²) in [7, 11) is 5.99. The molecule has 0 N–H and O–H groups in total. The minimum Gasteiger partial charge on any atom is -0.495 e. The first kappa shape index (κ1) is 15.0. The van der Waals surface area contributed by atoms with Gasteiger partial charge in [0.2, 0.25) is 0 Å². The third-order valence-electron chi connectivity index (χ3n) is 3.89. The number of hydrogen-bond donors (Lipinski definition) is 0. The van der Waals surface area contributed by atoms with Crippen molar-refractivity contribution in [3.8, 4) is 5.75 Å². The van der Waals surface area contributed by atoms with Crippen LogP contribution in [0.25, 0.3) is 5.57 Å². The van der Waals surface area contributed by atoms with E-state index in [2.05, 4.69) is 30.0 Å². The Morgan fingerprint density at radius 2 is 1.85 bits per heavy atom. The lowest BCUT2D eigenvalue weighted by atomic mass is 9.89. The van der Waals surface area contributed by atoms with Crippen molar-refractivity contribution < 1.29 is 4.74 Å². The van der Waals surface area contributed by atoms with Gasteiger partial charge in [-0.2, -0.15) is 0 Å². The lowest BCUT2D eigenvalue weighted by molar-refractivity contribution is 0.412. The highest BCUT2D eigenvalue weighted by Crippen LogP contribution is 2.31. The molecular formula is C17H26N2O. The van der Waals surface area contributed by atoms with Gasteiger partial charge >= 0.3 is 0 Å². The highest BCUT2D eigenvalue weighted by Gasteiger charge is 2.14.